The number of carboxylic acids is 1. The molecule has 0 saturated heterocycles. The summed E-state index contributed by atoms with van der Waals surface area (Å²) in [6, 6.07) is 2.89. The summed E-state index contributed by atoms with van der Waals surface area (Å²) in [6.07, 6.45) is -4.67. The minimum absolute atomic E-state index is 0.0744. The normalized spacial score (nSPS) is 14.0. The Bertz CT molecular complexity index is 738. The molecule has 2 aromatic rings. The average molecular weight is 315 g/mol. The van der Waals surface area contributed by atoms with Crippen LogP contribution in [0.25, 0.3) is 11.3 Å². The molecule has 0 unspecified atom stereocenters. The maximum atomic E-state index is 13.2. The van der Waals surface area contributed by atoms with Crippen molar-refractivity contribution in [2.45, 2.75) is 6.18 Å². The average Bonchev–Trinajstić information content (AvgIpc) is 2.94. The van der Waals surface area contributed by atoms with Crippen molar-refractivity contribution < 1.29 is 37.1 Å². The van der Waals surface area contributed by atoms with Crippen LogP contribution >= 0.6 is 0 Å². The third kappa shape index (κ3) is 2.34. The molecular formula is C13H8F3NO5. The van der Waals surface area contributed by atoms with Crippen molar-refractivity contribution in [3.63, 3.8) is 0 Å². The van der Waals surface area contributed by atoms with Crippen molar-refractivity contribution in [1.82, 2.24) is 5.16 Å². The summed E-state index contributed by atoms with van der Waals surface area (Å²) in [7, 11) is 0. The number of halogens is 3. The van der Waals surface area contributed by atoms with E-state index < -0.39 is 29.0 Å². The number of hydrogen-bond donors (Lipinski definition) is 1. The van der Waals surface area contributed by atoms with Gasteiger partial charge in [0, 0.05) is 6.07 Å². The molecule has 116 valence electrons. The van der Waals surface area contributed by atoms with E-state index in [4.69, 9.17) is 14.6 Å². The number of nitrogens with zero attached hydrogens (tertiary/aromatic N) is 1. The number of carboxylic acid groups (broad SMARTS) is 1. The quantitative estimate of drug-likeness (QED) is 0.917. The molecule has 0 amide bonds. The number of rotatable bonds is 2. The van der Waals surface area contributed by atoms with Crippen LogP contribution in [-0.2, 0) is 6.18 Å². The molecule has 0 saturated carbocycles. The first-order valence-electron chi connectivity index (χ1n) is 6.08. The van der Waals surface area contributed by atoms with Crippen molar-refractivity contribution in [3.8, 4) is 22.8 Å². The molecule has 0 spiro atoms. The van der Waals surface area contributed by atoms with Gasteiger partial charge in [-0.15, -0.1) is 0 Å². The first-order valence-corrected chi connectivity index (χ1v) is 6.08. The Labute approximate surface area is 121 Å². The second-order valence-corrected chi connectivity index (χ2v) is 4.39. The van der Waals surface area contributed by atoms with E-state index in [1.54, 1.807) is 0 Å². The maximum absolute atomic E-state index is 13.2. The number of hydrogen-bond acceptors (Lipinski definition) is 5. The van der Waals surface area contributed by atoms with Crippen LogP contribution in [-0.4, -0.2) is 29.4 Å². The van der Waals surface area contributed by atoms with Gasteiger partial charge in [-0.1, -0.05) is 5.16 Å². The van der Waals surface area contributed by atoms with Gasteiger partial charge in [0.2, 0.25) is 5.76 Å². The zero-order chi connectivity index (χ0) is 15.9. The monoisotopic (exact) mass is 315 g/mol. The molecule has 0 fully saturated rings. The van der Waals surface area contributed by atoms with E-state index >= 15 is 0 Å². The minimum atomic E-state index is -4.67. The summed E-state index contributed by atoms with van der Waals surface area (Å²) in [5, 5.41) is 12.2. The standard InChI is InChI=1S/C13H8F3NO5/c14-13(15,16)6-1-2-8-11(21-4-3-20-8)10(6)7-5-9(12(18)19)22-17-7/h1-2,5H,3-4H2,(H,18,19). The number of alkyl halides is 3. The molecule has 0 radical (unpaired) electrons. The van der Waals surface area contributed by atoms with Gasteiger partial charge in [0.25, 0.3) is 0 Å². The summed E-state index contributed by atoms with van der Waals surface area (Å²) in [5.41, 5.74) is -1.70. The number of aromatic carboxylic acids is 1. The summed E-state index contributed by atoms with van der Waals surface area (Å²) >= 11 is 0. The maximum Gasteiger partial charge on any atom is 0.417 e. The topological polar surface area (TPSA) is 81.8 Å². The van der Waals surface area contributed by atoms with E-state index in [1.807, 2.05) is 0 Å². The molecule has 0 aliphatic carbocycles. The van der Waals surface area contributed by atoms with Crippen LogP contribution in [0.5, 0.6) is 11.5 Å². The first kappa shape index (κ1) is 14.2. The zero-order valence-electron chi connectivity index (χ0n) is 10.8. The lowest BCUT2D eigenvalue weighted by atomic mass is 10.0. The van der Waals surface area contributed by atoms with E-state index in [0.717, 1.165) is 18.2 Å². The fourth-order valence-corrected chi connectivity index (χ4v) is 2.10. The Morgan fingerprint density at radius 2 is 1.95 bits per heavy atom. The van der Waals surface area contributed by atoms with Gasteiger partial charge in [0.15, 0.2) is 11.5 Å². The third-order valence-corrected chi connectivity index (χ3v) is 2.99. The number of fused-ring (bicyclic) bond motifs is 1. The van der Waals surface area contributed by atoms with Crippen molar-refractivity contribution in [2.24, 2.45) is 0 Å². The number of ether oxygens (including phenoxy) is 2. The van der Waals surface area contributed by atoms with Crippen molar-refractivity contribution in [2.75, 3.05) is 13.2 Å². The van der Waals surface area contributed by atoms with E-state index in [2.05, 4.69) is 9.68 Å². The Hall–Kier alpha value is -2.71. The fourth-order valence-electron chi connectivity index (χ4n) is 2.10. The molecule has 1 N–H and O–H groups in total. The number of aromatic nitrogens is 1. The molecular weight excluding hydrogens is 307 g/mol. The molecule has 22 heavy (non-hydrogen) atoms. The molecule has 1 aliphatic heterocycles. The molecule has 9 heteroatoms. The van der Waals surface area contributed by atoms with Gasteiger partial charge in [-0.05, 0) is 12.1 Å². The van der Waals surface area contributed by atoms with Gasteiger partial charge in [-0.25, -0.2) is 4.79 Å². The van der Waals surface area contributed by atoms with Crippen LogP contribution in [0.2, 0.25) is 0 Å². The fraction of sp³-hybridized carbons (Fsp3) is 0.231. The lowest BCUT2D eigenvalue weighted by Crippen LogP contribution is -2.18. The molecule has 6 nitrogen and oxygen atoms in total. The highest BCUT2D eigenvalue weighted by Crippen LogP contribution is 2.47. The largest absolute Gasteiger partial charge is 0.486 e. The molecule has 2 heterocycles. The molecule has 1 aromatic carbocycles. The predicted molar refractivity (Wildman–Crippen MR) is 64.9 cm³/mol. The smallest absolute Gasteiger partial charge is 0.417 e. The predicted octanol–water partition coefficient (Wildman–Crippen LogP) is 2.83. The van der Waals surface area contributed by atoms with Crippen molar-refractivity contribution >= 4 is 5.97 Å². The van der Waals surface area contributed by atoms with E-state index in [1.165, 1.54) is 0 Å². The molecule has 3 rings (SSSR count). The molecule has 0 bridgehead atoms. The highest BCUT2D eigenvalue weighted by molar-refractivity contribution is 5.87. The highest BCUT2D eigenvalue weighted by atomic mass is 19.4. The molecule has 1 aromatic heterocycles. The Balaban J connectivity index is 2.24. The summed E-state index contributed by atoms with van der Waals surface area (Å²) in [5.74, 6) is -2.01. The Morgan fingerprint density at radius 3 is 2.59 bits per heavy atom. The zero-order valence-corrected chi connectivity index (χ0v) is 10.8. The van der Waals surface area contributed by atoms with E-state index in [-0.39, 0.29) is 30.4 Å². The van der Waals surface area contributed by atoms with Gasteiger partial charge < -0.3 is 19.1 Å². The van der Waals surface area contributed by atoms with Crippen LogP contribution in [0.3, 0.4) is 0 Å². The van der Waals surface area contributed by atoms with Gasteiger partial charge >= 0.3 is 12.1 Å². The van der Waals surface area contributed by atoms with Crippen molar-refractivity contribution in [3.05, 3.63) is 29.5 Å². The first-order chi connectivity index (χ1) is 10.4. The SMILES string of the molecule is O=C(O)c1cc(-c2c(C(F)(F)F)ccc3c2OCCO3)no1. The summed E-state index contributed by atoms with van der Waals surface area (Å²) in [4.78, 5) is 10.8. The number of carbonyl (C=O) groups is 1. The molecule has 1 aliphatic rings. The Morgan fingerprint density at radius 1 is 1.23 bits per heavy atom. The highest BCUT2D eigenvalue weighted by Gasteiger charge is 2.38. The van der Waals surface area contributed by atoms with Crippen LogP contribution in [0.4, 0.5) is 13.2 Å². The van der Waals surface area contributed by atoms with Gasteiger partial charge in [0.1, 0.15) is 18.9 Å². The van der Waals surface area contributed by atoms with Gasteiger partial charge in [0.05, 0.1) is 11.1 Å². The van der Waals surface area contributed by atoms with Crippen LogP contribution in [0.1, 0.15) is 16.1 Å². The van der Waals surface area contributed by atoms with Crippen LogP contribution in [0.15, 0.2) is 22.7 Å². The second kappa shape index (κ2) is 4.93. The number of benzene rings is 1. The third-order valence-electron chi connectivity index (χ3n) is 2.99. The Kier molecular flexibility index (Phi) is 3.19. The van der Waals surface area contributed by atoms with Crippen LogP contribution < -0.4 is 9.47 Å². The van der Waals surface area contributed by atoms with Gasteiger partial charge in [-0.3, -0.25) is 0 Å². The lowest BCUT2D eigenvalue weighted by molar-refractivity contribution is -0.137. The van der Waals surface area contributed by atoms with E-state index in [0.29, 0.717) is 0 Å². The summed E-state index contributed by atoms with van der Waals surface area (Å²) in [6.45, 7) is 0.280. The lowest BCUT2D eigenvalue weighted by Gasteiger charge is -2.23. The molecule has 0 atom stereocenters. The van der Waals surface area contributed by atoms with Gasteiger partial charge in [-0.2, -0.15) is 13.2 Å². The van der Waals surface area contributed by atoms with E-state index in [9.17, 15) is 18.0 Å². The van der Waals surface area contributed by atoms with Crippen molar-refractivity contribution in [1.29, 1.82) is 0 Å². The minimum Gasteiger partial charge on any atom is -0.486 e. The second-order valence-electron chi connectivity index (χ2n) is 4.39. The van der Waals surface area contributed by atoms with Crippen LogP contribution in [0, 0.1) is 0 Å². The summed E-state index contributed by atoms with van der Waals surface area (Å²) < 4.78 is 54.6.